The van der Waals surface area contributed by atoms with E-state index >= 15 is 0 Å². The summed E-state index contributed by atoms with van der Waals surface area (Å²) in [6.45, 7) is 3.26. The fourth-order valence-electron chi connectivity index (χ4n) is 2.91. The zero-order chi connectivity index (χ0) is 17.1. The van der Waals surface area contributed by atoms with E-state index in [0.717, 1.165) is 43.4 Å². The normalized spacial score (nSPS) is 17.6. The summed E-state index contributed by atoms with van der Waals surface area (Å²) in [6.07, 6.45) is -1.51. The topological polar surface area (TPSA) is 27.6 Å². The molecule has 1 saturated carbocycles. The predicted octanol–water partition coefficient (Wildman–Crippen LogP) is 3.65. The van der Waals surface area contributed by atoms with E-state index in [9.17, 15) is 13.2 Å². The number of benzene rings is 1. The molecule has 1 aliphatic carbocycles. The molecule has 0 aromatic heterocycles. The van der Waals surface area contributed by atoms with Gasteiger partial charge in [-0.05, 0) is 31.4 Å². The van der Waals surface area contributed by atoms with E-state index < -0.39 is 11.7 Å². The Morgan fingerprint density at radius 3 is 2.48 bits per heavy atom. The predicted molar refractivity (Wildman–Crippen MR) is 86.6 cm³/mol. The van der Waals surface area contributed by atoms with Crippen molar-refractivity contribution >= 4 is 5.96 Å². The summed E-state index contributed by atoms with van der Waals surface area (Å²) < 4.78 is 38.9. The summed E-state index contributed by atoms with van der Waals surface area (Å²) in [7, 11) is 3.80. The first kappa shape index (κ1) is 17.6. The molecule has 0 bridgehead atoms. The summed E-state index contributed by atoms with van der Waals surface area (Å²) in [6, 6.07) is 5.71. The van der Waals surface area contributed by atoms with Crippen LogP contribution in [0.1, 0.15) is 37.3 Å². The molecule has 0 atom stereocenters. The second-order valence-corrected chi connectivity index (χ2v) is 6.28. The highest BCUT2D eigenvalue weighted by Gasteiger charge is 2.40. The largest absolute Gasteiger partial charge is 0.416 e. The number of aliphatic imine (C=N–C) groups is 1. The van der Waals surface area contributed by atoms with Crippen molar-refractivity contribution in [2.24, 2.45) is 4.99 Å². The van der Waals surface area contributed by atoms with E-state index in [1.54, 1.807) is 6.07 Å². The number of guanidine groups is 1. The van der Waals surface area contributed by atoms with Gasteiger partial charge in [0.15, 0.2) is 5.96 Å². The monoisotopic (exact) mass is 327 g/mol. The molecule has 0 aliphatic heterocycles. The fraction of sp³-hybridized carbons (Fsp3) is 0.588. The van der Waals surface area contributed by atoms with E-state index in [0.29, 0.717) is 6.54 Å². The lowest BCUT2D eigenvalue weighted by atomic mass is 9.64. The third-order valence-corrected chi connectivity index (χ3v) is 4.40. The van der Waals surface area contributed by atoms with Gasteiger partial charge >= 0.3 is 6.18 Å². The average Bonchev–Trinajstić information content (AvgIpc) is 2.44. The number of hydrogen-bond acceptors (Lipinski definition) is 1. The number of rotatable bonds is 4. The lowest BCUT2D eigenvalue weighted by Gasteiger charge is -2.42. The molecule has 0 unspecified atom stereocenters. The Hall–Kier alpha value is -1.72. The van der Waals surface area contributed by atoms with Crippen molar-refractivity contribution in [1.82, 2.24) is 10.2 Å². The number of nitrogens with zero attached hydrogens (tertiary/aromatic N) is 2. The third-order valence-electron chi connectivity index (χ3n) is 4.40. The molecule has 0 spiro atoms. The van der Waals surface area contributed by atoms with Crippen molar-refractivity contribution in [2.45, 2.75) is 37.8 Å². The standard InChI is InChI=1S/C17H24F3N3/c1-4-21-15(23(2)3)22-12-16(9-6-10-16)13-7-5-8-14(11-13)17(18,19)20/h5,7-8,11H,4,6,9-10,12H2,1-3H3,(H,21,22). The van der Waals surface area contributed by atoms with Crippen molar-refractivity contribution in [3.63, 3.8) is 0 Å². The molecular formula is C17H24F3N3. The van der Waals surface area contributed by atoms with Gasteiger partial charge in [0, 0.05) is 26.1 Å². The zero-order valence-corrected chi connectivity index (χ0v) is 13.9. The first-order valence-electron chi connectivity index (χ1n) is 7.92. The first-order valence-corrected chi connectivity index (χ1v) is 7.92. The van der Waals surface area contributed by atoms with Crippen LogP contribution in [0.25, 0.3) is 0 Å². The fourth-order valence-corrected chi connectivity index (χ4v) is 2.91. The minimum atomic E-state index is -4.30. The molecule has 0 amide bonds. The Morgan fingerprint density at radius 2 is 2.00 bits per heavy atom. The SMILES string of the molecule is CCNC(=NCC1(c2cccc(C(F)(F)F)c2)CCC1)N(C)C. The first-order chi connectivity index (χ1) is 10.8. The summed E-state index contributed by atoms with van der Waals surface area (Å²) >= 11 is 0. The van der Waals surface area contributed by atoms with Crippen LogP contribution in [0, 0.1) is 0 Å². The van der Waals surface area contributed by atoms with Crippen molar-refractivity contribution in [1.29, 1.82) is 0 Å². The van der Waals surface area contributed by atoms with Gasteiger partial charge in [-0.25, -0.2) is 0 Å². The van der Waals surface area contributed by atoms with Gasteiger partial charge in [0.25, 0.3) is 0 Å². The van der Waals surface area contributed by atoms with Crippen LogP contribution < -0.4 is 5.32 Å². The zero-order valence-electron chi connectivity index (χ0n) is 13.9. The minimum absolute atomic E-state index is 0.266. The van der Waals surface area contributed by atoms with Crippen molar-refractivity contribution in [3.8, 4) is 0 Å². The highest BCUT2D eigenvalue weighted by Crippen LogP contribution is 2.45. The van der Waals surface area contributed by atoms with Crippen LogP contribution in [0.5, 0.6) is 0 Å². The van der Waals surface area contributed by atoms with Crippen LogP contribution in [-0.4, -0.2) is 38.0 Å². The molecule has 1 aromatic rings. The van der Waals surface area contributed by atoms with Gasteiger partial charge in [0.1, 0.15) is 0 Å². The van der Waals surface area contributed by atoms with E-state index in [2.05, 4.69) is 10.3 Å². The van der Waals surface area contributed by atoms with E-state index in [-0.39, 0.29) is 5.41 Å². The minimum Gasteiger partial charge on any atom is -0.357 e. The molecule has 1 aliphatic rings. The Kier molecular flexibility index (Phi) is 5.22. The lowest BCUT2D eigenvalue weighted by Crippen LogP contribution is -2.41. The summed E-state index contributed by atoms with van der Waals surface area (Å²) in [5, 5.41) is 3.19. The van der Waals surface area contributed by atoms with Gasteiger partial charge in [-0.15, -0.1) is 0 Å². The van der Waals surface area contributed by atoms with E-state index in [1.807, 2.05) is 25.9 Å². The van der Waals surface area contributed by atoms with Crippen LogP contribution in [0.3, 0.4) is 0 Å². The maximum absolute atomic E-state index is 13.0. The smallest absolute Gasteiger partial charge is 0.357 e. The molecule has 1 fully saturated rings. The second-order valence-electron chi connectivity index (χ2n) is 6.28. The Morgan fingerprint density at radius 1 is 1.30 bits per heavy atom. The summed E-state index contributed by atoms with van der Waals surface area (Å²) in [5.41, 5.74) is -0.0977. The molecule has 23 heavy (non-hydrogen) atoms. The molecule has 1 N–H and O–H groups in total. The quantitative estimate of drug-likeness (QED) is 0.675. The van der Waals surface area contributed by atoms with Gasteiger partial charge in [-0.1, -0.05) is 24.6 Å². The van der Waals surface area contributed by atoms with E-state index in [4.69, 9.17) is 0 Å². The van der Waals surface area contributed by atoms with Gasteiger partial charge in [-0.3, -0.25) is 4.99 Å². The number of halogens is 3. The van der Waals surface area contributed by atoms with Gasteiger partial charge in [0.2, 0.25) is 0 Å². The van der Waals surface area contributed by atoms with Gasteiger partial charge < -0.3 is 10.2 Å². The Balaban J connectivity index is 2.26. The molecule has 3 nitrogen and oxygen atoms in total. The van der Waals surface area contributed by atoms with Gasteiger partial charge in [-0.2, -0.15) is 13.2 Å². The molecule has 6 heteroatoms. The van der Waals surface area contributed by atoms with Crippen LogP contribution in [0.2, 0.25) is 0 Å². The van der Waals surface area contributed by atoms with Crippen LogP contribution >= 0.6 is 0 Å². The van der Waals surface area contributed by atoms with Crippen molar-refractivity contribution in [2.75, 3.05) is 27.2 Å². The summed E-state index contributed by atoms with van der Waals surface area (Å²) in [5.74, 6) is 0.769. The molecule has 1 aromatic carbocycles. The molecule has 128 valence electrons. The van der Waals surface area contributed by atoms with Crippen LogP contribution in [0.4, 0.5) is 13.2 Å². The molecular weight excluding hydrogens is 303 g/mol. The molecule has 0 saturated heterocycles. The third kappa shape index (κ3) is 3.98. The second kappa shape index (κ2) is 6.81. The van der Waals surface area contributed by atoms with E-state index in [1.165, 1.54) is 12.1 Å². The molecule has 0 radical (unpaired) electrons. The van der Waals surface area contributed by atoms with Gasteiger partial charge in [0.05, 0.1) is 12.1 Å². The number of nitrogens with one attached hydrogen (secondary N) is 1. The number of hydrogen-bond donors (Lipinski definition) is 1. The van der Waals surface area contributed by atoms with Crippen LogP contribution in [0.15, 0.2) is 29.3 Å². The Labute approximate surface area is 135 Å². The number of alkyl halides is 3. The lowest BCUT2D eigenvalue weighted by molar-refractivity contribution is -0.137. The Bertz CT molecular complexity index is 560. The van der Waals surface area contributed by atoms with Crippen molar-refractivity contribution in [3.05, 3.63) is 35.4 Å². The molecule has 2 rings (SSSR count). The van der Waals surface area contributed by atoms with Crippen molar-refractivity contribution < 1.29 is 13.2 Å². The maximum Gasteiger partial charge on any atom is 0.416 e. The highest BCUT2D eigenvalue weighted by atomic mass is 19.4. The van der Waals surface area contributed by atoms with Crippen LogP contribution in [-0.2, 0) is 11.6 Å². The highest BCUT2D eigenvalue weighted by molar-refractivity contribution is 5.79. The molecule has 0 heterocycles. The summed E-state index contributed by atoms with van der Waals surface area (Å²) in [4.78, 5) is 6.52. The average molecular weight is 327 g/mol. The maximum atomic E-state index is 13.0.